The SMILES string of the molecule is COc1ncc(NC(=O)NC2CCOCC2)cc1C(N)=O. The summed E-state index contributed by atoms with van der Waals surface area (Å²) in [5.41, 5.74) is 5.72. The van der Waals surface area contributed by atoms with Crippen molar-refractivity contribution < 1.29 is 19.1 Å². The average molecular weight is 294 g/mol. The standard InChI is InChI=1S/C13H18N4O4/c1-20-12-10(11(14)18)6-9(7-15-12)17-13(19)16-8-2-4-21-5-3-8/h6-8H,2-5H2,1H3,(H2,14,18)(H2,16,17,19). The second-order valence-electron chi connectivity index (χ2n) is 4.63. The van der Waals surface area contributed by atoms with Crippen LogP contribution in [-0.4, -0.2) is 43.3 Å². The number of nitrogens with one attached hydrogen (secondary N) is 2. The maximum absolute atomic E-state index is 11.9. The quantitative estimate of drug-likeness (QED) is 0.747. The van der Waals surface area contributed by atoms with Crippen LogP contribution in [0.3, 0.4) is 0 Å². The number of nitrogens with two attached hydrogens (primary N) is 1. The third-order valence-corrected chi connectivity index (χ3v) is 3.12. The minimum absolute atomic E-state index is 0.0839. The molecule has 1 fully saturated rings. The molecular formula is C13H18N4O4. The number of primary amides is 1. The van der Waals surface area contributed by atoms with Gasteiger partial charge >= 0.3 is 6.03 Å². The van der Waals surface area contributed by atoms with Crippen molar-refractivity contribution in [2.45, 2.75) is 18.9 Å². The molecule has 8 nitrogen and oxygen atoms in total. The van der Waals surface area contributed by atoms with Gasteiger partial charge in [-0.2, -0.15) is 0 Å². The molecule has 1 aliphatic rings. The molecule has 114 valence electrons. The molecule has 0 radical (unpaired) electrons. The van der Waals surface area contributed by atoms with Crippen molar-refractivity contribution >= 4 is 17.6 Å². The second-order valence-corrected chi connectivity index (χ2v) is 4.63. The Morgan fingerprint density at radius 1 is 1.43 bits per heavy atom. The maximum atomic E-state index is 11.9. The van der Waals surface area contributed by atoms with E-state index in [1.165, 1.54) is 19.4 Å². The number of hydrogen-bond donors (Lipinski definition) is 3. The van der Waals surface area contributed by atoms with Crippen molar-refractivity contribution in [3.8, 4) is 5.88 Å². The predicted octanol–water partition coefficient (Wildman–Crippen LogP) is 0.490. The molecule has 8 heteroatoms. The molecule has 21 heavy (non-hydrogen) atoms. The maximum Gasteiger partial charge on any atom is 0.319 e. The molecule has 1 saturated heterocycles. The summed E-state index contributed by atoms with van der Waals surface area (Å²) in [5.74, 6) is -0.550. The fraction of sp³-hybridized carbons (Fsp3) is 0.462. The summed E-state index contributed by atoms with van der Waals surface area (Å²) in [7, 11) is 1.39. The number of rotatable bonds is 4. The highest BCUT2D eigenvalue weighted by Crippen LogP contribution is 2.18. The zero-order chi connectivity index (χ0) is 15.2. The van der Waals surface area contributed by atoms with Crippen LogP contribution < -0.4 is 21.1 Å². The lowest BCUT2D eigenvalue weighted by atomic mass is 10.1. The molecule has 4 N–H and O–H groups in total. The van der Waals surface area contributed by atoms with Gasteiger partial charge in [-0.25, -0.2) is 9.78 Å². The van der Waals surface area contributed by atoms with Crippen molar-refractivity contribution in [2.75, 3.05) is 25.6 Å². The summed E-state index contributed by atoms with van der Waals surface area (Å²) in [6.45, 7) is 1.28. The largest absolute Gasteiger partial charge is 0.480 e. The molecule has 0 atom stereocenters. The number of aromatic nitrogens is 1. The van der Waals surface area contributed by atoms with Crippen LogP contribution in [-0.2, 0) is 4.74 Å². The summed E-state index contributed by atoms with van der Waals surface area (Å²) >= 11 is 0. The number of pyridine rings is 1. The normalized spacial score (nSPS) is 15.3. The van der Waals surface area contributed by atoms with E-state index in [9.17, 15) is 9.59 Å². The first-order valence-electron chi connectivity index (χ1n) is 6.59. The van der Waals surface area contributed by atoms with Crippen molar-refractivity contribution in [1.29, 1.82) is 0 Å². The van der Waals surface area contributed by atoms with Crippen molar-refractivity contribution in [1.82, 2.24) is 10.3 Å². The monoisotopic (exact) mass is 294 g/mol. The fourth-order valence-corrected chi connectivity index (χ4v) is 2.05. The molecule has 1 aliphatic heterocycles. The van der Waals surface area contributed by atoms with Gasteiger partial charge < -0.3 is 25.8 Å². The van der Waals surface area contributed by atoms with E-state index >= 15 is 0 Å². The van der Waals surface area contributed by atoms with E-state index in [1.807, 2.05) is 0 Å². The summed E-state index contributed by atoms with van der Waals surface area (Å²) in [6.07, 6.45) is 2.95. The number of nitrogens with zero attached hydrogens (tertiary/aromatic N) is 1. The zero-order valence-corrected chi connectivity index (χ0v) is 11.7. The highest BCUT2D eigenvalue weighted by Gasteiger charge is 2.17. The Labute approximate surface area is 122 Å². The van der Waals surface area contributed by atoms with Gasteiger partial charge in [0.05, 0.1) is 19.0 Å². The molecule has 0 bridgehead atoms. The molecule has 3 amide bonds. The molecule has 0 spiro atoms. The Morgan fingerprint density at radius 3 is 2.76 bits per heavy atom. The van der Waals surface area contributed by atoms with Crippen LogP contribution >= 0.6 is 0 Å². The highest BCUT2D eigenvalue weighted by molar-refractivity contribution is 5.97. The van der Waals surface area contributed by atoms with Crippen LogP contribution in [0.1, 0.15) is 23.2 Å². The Morgan fingerprint density at radius 2 is 2.14 bits per heavy atom. The molecule has 2 heterocycles. The van der Waals surface area contributed by atoms with E-state index in [0.717, 1.165) is 12.8 Å². The number of carbonyl (C=O) groups is 2. The summed E-state index contributed by atoms with van der Waals surface area (Å²) in [6, 6.07) is 1.16. The molecule has 0 unspecified atom stereocenters. The Hall–Kier alpha value is -2.35. The number of anilines is 1. The van der Waals surface area contributed by atoms with Crippen LogP contribution in [0.2, 0.25) is 0 Å². The minimum atomic E-state index is -0.673. The van der Waals surface area contributed by atoms with Gasteiger partial charge in [-0.1, -0.05) is 0 Å². The van der Waals surface area contributed by atoms with Crippen LogP contribution in [0, 0.1) is 0 Å². The summed E-state index contributed by atoms with van der Waals surface area (Å²) in [4.78, 5) is 27.1. The molecular weight excluding hydrogens is 276 g/mol. The van der Waals surface area contributed by atoms with E-state index in [-0.39, 0.29) is 23.5 Å². The number of carbonyl (C=O) groups excluding carboxylic acids is 2. The lowest BCUT2D eigenvalue weighted by molar-refractivity contribution is 0.0806. The van der Waals surface area contributed by atoms with Gasteiger partial charge in [0.1, 0.15) is 5.56 Å². The van der Waals surface area contributed by atoms with Gasteiger partial charge in [-0.15, -0.1) is 0 Å². The Kier molecular flexibility index (Phi) is 4.94. The van der Waals surface area contributed by atoms with E-state index in [1.54, 1.807) is 0 Å². The number of urea groups is 1. The topological polar surface area (TPSA) is 116 Å². The van der Waals surface area contributed by atoms with Gasteiger partial charge in [-0.05, 0) is 18.9 Å². The summed E-state index contributed by atoms with van der Waals surface area (Å²) in [5, 5.41) is 5.46. The van der Waals surface area contributed by atoms with E-state index in [0.29, 0.717) is 18.9 Å². The third kappa shape index (κ3) is 4.06. The van der Waals surface area contributed by atoms with Crippen LogP contribution in [0.15, 0.2) is 12.3 Å². The fourth-order valence-electron chi connectivity index (χ4n) is 2.05. The van der Waals surface area contributed by atoms with Gasteiger partial charge in [0.2, 0.25) is 5.88 Å². The first-order chi connectivity index (χ1) is 10.1. The molecule has 0 saturated carbocycles. The van der Waals surface area contributed by atoms with E-state index in [2.05, 4.69) is 15.6 Å². The zero-order valence-electron chi connectivity index (χ0n) is 11.7. The lowest BCUT2D eigenvalue weighted by Gasteiger charge is -2.23. The third-order valence-electron chi connectivity index (χ3n) is 3.12. The molecule has 0 aliphatic carbocycles. The second kappa shape index (κ2) is 6.89. The molecule has 2 rings (SSSR count). The van der Waals surface area contributed by atoms with Crippen LogP contribution in [0.25, 0.3) is 0 Å². The Balaban J connectivity index is 2.00. The van der Waals surface area contributed by atoms with E-state index < -0.39 is 5.91 Å². The summed E-state index contributed by atoms with van der Waals surface area (Å²) < 4.78 is 10.2. The average Bonchev–Trinajstić information content (AvgIpc) is 2.48. The van der Waals surface area contributed by atoms with Gasteiger partial charge in [0.15, 0.2) is 0 Å². The number of ether oxygens (including phenoxy) is 2. The van der Waals surface area contributed by atoms with Gasteiger partial charge in [0.25, 0.3) is 5.91 Å². The van der Waals surface area contributed by atoms with Crippen LogP contribution in [0.5, 0.6) is 5.88 Å². The Bertz CT molecular complexity index is 529. The smallest absolute Gasteiger partial charge is 0.319 e. The predicted molar refractivity (Wildman–Crippen MR) is 75.3 cm³/mol. The number of hydrogen-bond acceptors (Lipinski definition) is 5. The van der Waals surface area contributed by atoms with Crippen molar-refractivity contribution in [2.24, 2.45) is 5.73 Å². The van der Waals surface area contributed by atoms with Crippen molar-refractivity contribution in [3.05, 3.63) is 17.8 Å². The first kappa shape index (κ1) is 15.0. The molecule has 1 aromatic rings. The number of amides is 3. The van der Waals surface area contributed by atoms with Gasteiger partial charge in [0, 0.05) is 19.3 Å². The lowest BCUT2D eigenvalue weighted by Crippen LogP contribution is -2.41. The minimum Gasteiger partial charge on any atom is -0.480 e. The highest BCUT2D eigenvalue weighted by atomic mass is 16.5. The molecule has 0 aromatic carbocycles. The first-order valence-corrected chi connectivity index (χ1v) is 6.59. The molecule has 1 aromatic heterocycles. The van der Waals surface area contributed by atoms with E-state index in [4.69, 9.17) is 15.2 Å². The van der Waals surface area contributed by atoms with Crippen molar-refractivity contribution in [3.63, 3.8) is 0 Å². The van der Waals surface area contributed by atoms with Crippen LogP contribution in [0.4, 0.5) is 10.5 Å². The van der Waals surface area contributed by atoms with Gasteiger partial charge in [-0.3, -0.25) is 4.79 Å². The number of methoxy groups -OCH3 is 1.